The summed E-state index contributed by atoms with van der Waals surface area (Å²) in [5.41, 5.74) is 5.73. The first kappa shape index (κ1) is 13.3. The van der Waals surface area contributed by atoms with Crippen LogP contribution in [-0.4, -0.2) is 16.0 Å². The van der Waals surface area contributed by atoms with Crippen molar-refractivity contribution >= 4 is 10.8 Å². The summed E-state index contributed by atoms with van der Waals surface area (Å²) in [6, 6.07) is 3.10. The average Bonchev–Trinajstić information content (AvgIpc) is 2.22. The predicted molar refractivity (Wildman–Crippen MR) is 60.5 cm³/mol. The van der Waals surface area contributed by atoms with Crippen LogP contribution >= 0.6 is 0 Å². The van der Waals surface area contributed by atoms with E-state index in [4.69, 9.17) is 5.73 Å². The fourth-order valence-corrected chi connectivity index (χ4v) is 2.57. The maximum atomic E-state index is 12.9. The van der Waals surface area contributed by atoms with E-state index in [0.29, 0.717) is 0 Å². The van der Waals surface area contributed by atoms with Gasteiger partial charge < -0.3 is 5.73 Å². The first-order chi connectivity index (χ1) is 7.54. The van der Waals surface area contributed by atoms with E-state index in [2.05, 4.69) is 0 Å². The molecule has 0 heterocycles. The van der Waals surface area contributed by atoms with Crippen LogP contribution in [0.5, 0.6) is 0 Å². The van der Waals surface area contributed by atoms with Gasteiger partial charge in [0.15, 0.2) is 11.6 Å². The van der Waals surface area contributed by atoms with Crippen LogP contribution in [0.4, 0.5) is 8.78 Å². The van der Waals surface area contributed by atoms with Crippen LogP contribution in [0.25, 0.3) is 0 Å². The minimum atomic E-state index is -1.37. The van der Waals surface area contributed by atoms with Crippen molar-refractivity contribution in [2.24, 2.45) is 5.73 Å². The highest BCUT2D eigenvalue weighted by Gasteiger charge is 2.11. The molecule has 1 aromatic carbocycles. The van der Waals surface area contributed by atoms with Gasteiger partial charge in [-0.3, -0.25) is 4.21 Å². The zero-order valence-electron chi connectivity index (χ0n) is 9.08. The van der Waals surface area contributed by atoms with Gasteiger partial charge in [0.2, 0.25) is 0 Å². The van der Waals surface area contributed by atoms with Gasteiger partial charge >= 0.3 is 0 Å². The molecule has 0 spiro atoms. The summed E-state index contributed by atoms with van der Waals surface area (Å²) >= 11 is 0. The topological polar surface area (TPSA) is 43.1 Å². The van der Waals surface area contributed by atoms with Gasteiger partial charge in [-0.15, -0.1) is 0 Å². The lowest BCUT2D eigenvalue weighted by Crippen LogP contribution is -2.26. The Morgan fingerprint density at radius 2 is 2.06 bits per heavy atom. The highest BCUT2D eigenvalue weighted by Crippen LogP contribution is 2.13. The Morgan fingerprint density at radius 1 is 1.38 bits per heavy atom. The molecule has 1 rings (SSSR count). The van der Waals surface area contributed by atoms with Gasteiger partial charge in [0.25, 0.3) is 0 Å². The summed E-state index contributed by atoms with van der Waals surface area (Å²) in [6.07, 6.45) is 1.69. The third-order valence-corrected chi connectivity index (χ3v) is 3.69. The van der Waals surface area contributed by atoms with Gasteiger partial charge in [0.05, 0.1) is 10.8 Å². The molecule has 0 radical (unpaired) electrons. The van der Waals surface area contributed by atoms with E-state index in [9.17, 15) is 13.0 Å². The molecule has 2 atom stereocenters. The van der Waals surface area contributed by atoms with Crippen molar-refractivity contribution in [2.75, 3.05) is 5.75 Å². The molecule has 1 aromatic rings. The van der Waals surface area contributed by atoms with E-state index in [1.165, 1.54) is 6.07 Å². The summed E-state index contributed by atoms with van der Waals surface area (Å²) < 4.78 is 37.3. The molecule has 0 bridgehead atoms. The Morgan fingerprint density at radius 3 is 2.62 bits per heavy atom. The zero-order valence-corrected chi connectivity index (χ0v) is 9.90. The van der Waals surface area contributed by atoms with Crippen molar-refractivity contribution in [3.05, 3.63) is 29.8 Å². The number of hydrogen-bond donors (Lipinski definition) is 1. The van der Waals surface area contributed by atoms with Gasteiger partial charge in [-0.2, -0.15) is 0 Å². The fraction of sp³-hybridized carbons (Fsp3) is 0.455. The Hall–Kier alpha value is -0.810. The molecule has 90 valence electrons. The molecule has 0 aliphatic rings. The molecule has 2 N–H and O–H groups in total. The van der Waals surface area contributed by atoms with Crippen molar-refractivity contribution in [1.82, 2.24) is 0 Å². The van der Waals surface area contributed by atoms with Crippen LogP contribution < -0.4 is 5.73 Å². The fourth-order valence-electron chi connectivity index (χ4n) is 1.36. The number of hydrogen-bond acceptors (Lipinski definition) is 2. The Bertz CT molecular complexity index is 384. The molecule has 2 unspecified atom stereocenters. The molecule has 2 nitrogen and oxygen atoms in total. The largest absolute Gasteiger partial charge is 0.327 e. The first-order valence-electron chi connectivity index (χ1n) is 5.13. The first-order valence-corrected chi connectivity index (χ1v) is 6.45. The highest BCUT2D eigenvalue weighted by atomic mass is 32.2. The number of rotatable bonds is 5. The van der Waals surface area contributed by atoms with Crippen LogP contribution in [0.3, 0.4) is 0 Å². The summed E-state index contributed by atoms with van der Waals surface area (Å²) in [7, 11) is -1.37. The molecule has 0 fully saturated rings. The summed E-state index contributed by atoms with van der Waals surface area (Å²) in [6.45, 7) is 1.99. The van der Waals surface area contributed by atoms with Crippen LogP contribution in [0, 0.1) is 11.6 Å². The molecule has 0 aliphatic heterocycles. The summed E-state index contributed by atoms with van der Waals surface area (Å²) in [5.74, 6) is -1.63. The van der Waals surface area contributed by atoms with Gasteiger partial charge in [-0.25, -0.2) is 8.78 Å². The van der Waals surface area contributed by atoms with Crippen LogP contribution in [-0.2, 0) is 10.8 Å². The Kier molecular flexibility index (Phi) is 5.02. The molecule has 0 aliphatic carbocycles. The minimum absolute atomic E-state index is 0.168. The molecule has 0 aromatic heterocycles. The van der Waals surface area contributed by atoms with Crippen molar-refractivity contribution in [2.45, 2.75) is 30.7 Å². The van der Waals surface area contributed by atoms with Crippen molar-refractivity contribution < 1.29 is 13.0 Å². The third kappa shape index (κ3) is 3.64. The summed E-state index contributed by atoms with van der Waals surface area (Å²) in [5, 5.41) is 0. The Labute approximate surface area is 96.3 Å². The van der Waals surface area contributed by atoms with E-state index in [1.54, 1.807) is 0 Å². The van der Waals surface area contributed by atoms with Crippen LogP contribution in [0.2, 0.25) is 0 Å². The SMILES string of the molecule is CCCC(N)CS(=O)c1ccc(F)c(F)c1. The van der Waals surface area contributed by atoms with Crippen molar-refractivity contribution in [3.8, 4) is 0 Å². The maximum absolute atomic E-state index is 12.9. The number of benzene rings is 1. The molecule has 0 saturated heterocycles. The van der Waals surface area contributed by atoms with Crippen LogP contribution in [0.15, 0.2) is 23.1 Å². The lowest BCUT2D eigenvalue weighted by Gasteiger charge is -2.09. The standard InChI is InChI=1S/C11H15F2NOS/c1-2-3-8(14)7-16(15)9-4-5-10(12)11(13)6-9/h4-6,8H,2-3,7,14H2,1H3. The van der Waals surface area contributed by atoms with Crippen molar-refractivity contribution in [3.63, 3.8) is 0 Å². The molecule has 16 heavy (non-hydrogen) atoms. The van der Waals surface area contributed by atoms with E-state index in [0.717, 1.165) is 25.0 Å². The van der Waals surface area contributed by atoms with Gasteiger partial charge in [0.1, 0.15) is 0 Å². The smallest absolute Gasteiger partial charge is 0.160 e. The lowest BCUT2D eigenvalue weighted by molar-refractivity contribution is 0.505. The minimum Gasteiger partial charge on any atom is -0.327 e. The quantitative estimate of drug-likeness (QED) is 0.866. The van der Waals surface area contributed by atoms with E-state index in [1.807, 2.05) is 6.92 Å². The van der Waals surface area contributed by atoms with Gasteiger partial charge in [-0.05, 0) is 24.6 Å². The monoisotopic (exact) mass is 247 g/mol. The zero-order chi connectivity index (χ0) is 12.1. The lowest BCUT2D eigenvalue weighted by atomic mass is 10.2. The highest BCUT2D eigenvalue weighted by molar-refractivity contribution is 7.85. The summed E-state index contributed by atoms with van der Waals surface area (Å²) in [4.78, 5) is 0.283. The van der Waals surface area contributed by atoms with E-state index >= 15 is 0 Å². The molecular formula is C11H15F2NOS. The molecule has 0 saturated carbocycles. The predicted octanol–water partition coefficient (Wildman–Crippen LogP) is 2.20. The molecular weight excluding hydrogens is 232 g/mol. The third-order valence-electron chi connectivity index (χ3n) is 2.18. The number of halogens is 2. The second kappa shape index (κ2) is 6.06. The normalized spacial score (nSPS) is 14.8. The van der Waals surface area contributed by atoms with Gasteiger partial charge in [0, 0.05) is 16.7 Å². The van der Waals surface area contributed by atoms with Gasteiger partial charge in [-0.1, -0.05) is 13.3 Å². The van der Waals surface area contributed by atoms with Crippen molar-refractivity contribution in [1.29, 1.82) is 0 Å². The number of nitrogens with two attached hydrogens (primary N) is 1. The van der Waals surface area contributed by atoms with E-state index < -0.39 is 22.4 Å². The van der Waals surface area contributed by atoms with E-state index in [-0.39, 0.29) is 16.7 Å². The molecule has 0 amide bonds. The molecule has 5 heteroatoms. The van der Waals surface area contributed by atoms with Crippen LogP contribution in [0.1, 0.15) is 19.8 Å². The second-order valence-corrected chi connectivity index (χ2v) is 5.13. The average molecular weight is 247 g/mol. The second-order valence-electron chi connectivity index (χ2n) is 3.64. The maximum Gasteiger partial charge on any atom is 0.160 e. The Balaban J connectivity index is 2.69.